The lowest BCUT2D eigenvalue weighted by Crippen LogP contribution is -2.26. The van der Waals surface area contributed by atoms with Crippen molar-refractivity contribution in [1.29, 1.82) is 0 Å². The molecule has 1 fully saturated rings. The maximum Gasteiger partial charge on any atom is 0.110 e. The molecular formula is C10H16N2S. The summed E-state index contributed by atoms with van der Waals surface area (Å²) in [5.74, 6) is 0. The minimum absolute atomic E-state index is 0.533. The zero-order valence-electron chi connectivity index (χ0n) is 8.26. The molecule has 0 saturated carbocycles. The molecule has 1 unspecified atom stereocenters. The second kappa shape index (κ2) is 3.76. The number of aromatic nitrogens is 1. The SMILES string of the molecule is Cc1nc(C2CCCCN2)sc1C. The monoisotopic (exact) mass is 196 g/mol. The van der Waals surface area contributed by atoms with Crippen molar-refractivity contribution in [1.82, 2.24) is 10.3 Å². The summed E-state index contributed by atoms with van der Waals surface area (Å²) >= 11 is 1.85. The van der Waals surface area contributed by atoms with Gasteiger partial charge in [-0.25, -0.2) is 4.98 Å². The number of piperidine rings is 1. The van der Waals surface area contributed by atoms with Crippen molar-refractivity contribution in [2.75, 3.05) is 6.54 Å². The van der Waals surface area contributed by atoms with Crippen LogP contribution in [0.25, 0.3) is 0 Å². The Morgan fingerprint density at radius 2 is 2.23 bits per heavy atom. The Balaban J connectivity index is 2.14. The van der Waals surface area contributed by atoms with Gasteiger partial charge in [0, 0.05) is 4.88 Å². The summed E-state index contributed by atoms with van der Waals surface area (Å²) in [7, 11) is 0. The number of hydrogen-bond donors (Lipinski definition) is 1. The van der Waals surface area contributed by atoms with Crippen molar-refractivity contribution >= 4 is 11.3 Å². The Morgan fingerprint density at radius 1 is 1.38 bits per heavy atom. The molecule has 0 aliphatic carbocycles. The van der Waals surface area contributed by atoms with Crippen molar-refractivity contribution in [3.8, 4) is 0 Å². The van der Waals surface area contributed by atoms with Gasteiger partial charge in [0.05, 0.1) is 11.7 Å². The zero-order valence-corrected chi connectivity index (χ0v) is 9.08. The van der Waals surface area contributed by atoms with Gasteiger partial charge in [0.2, 0.25) is 0 Å². The summed E-state index contributed by atoms with van der Waals surface area (Å²) in [5, 5.41) is 4.81. The molecule has 3 heteroatoms. The number of hydrogen-bond acceptors (Lipinski definition) is 3. The minimum Gasteiger partial charge on any atom is -0.308 e. The number of rotatable bonds is 1. The van der Waals surface area contributed by atoms with Crippen LogP contribution in [0.2, 0.25) is 0 Å². The first kappa shape index (κ1) is 9.16. The molecule has 1 atom stereocenters. The molecule has 1 aromatic heterocycles. The van der Waals surface area contributed by atoms with Crippen LogP contribution < -0.4 is 5.32 Å². The van der Waals surface area contributed by atoms with E-state index in [-0.39, 0.29) is 0 Å². The first-order valence-electron chi connectivity index (χ1n) is 4.94. The van der Waals surface area contributed by atoms with Gasteiger partial charge in [-0.1, -0.05) is 6.42 Å². The predicted molar refractivity (Wildman–Crippen MR) is 56.2 cm³/mol. The van der Waals surface area contributed by atoms with E-state index in [1.165, 1.54) is 34.8 Å². The van der Waals surface area contributed by atoms with E-state index in [4.69, 9.17) is 0 Å². The van der Waals surface area contributed by atoms with Gasteiger partial charge < -0.3 is 5.32 Å². The third-order valence-electron chi connectivity index (χ3n) is 2.65. The standard InChI is InChI=1S/C10H16N2S/c1-7-8(2)13-10(12-7)9-5-3-4-6-11-9/h9,11H,3-6H2,1-2H3. The maximum atomic E-state index is 4.59. The van der Waals surface area contributed by atoms with Gasteiger partial charge in [0.15, 0.2) is 0 Å². The molecule has 1 aromatic rings. The summed E-state index contributed by atoms with van der Waals surface area (Å²) in [4.78, 5) is 5.95. The highest BCUT2D eigenvalue weighted by molar-refractivity contribution is 7.11. The third-order valence-corrected chi connectivity index (χ3v) is 3.84. The molecule has 1 aliphatic rings. The van der Waals surface area contributed by atoms with E-state index in [0.29, 0.717) is 6.04 Å². The highest BCUT2D eigenvalue weighted by atomic mass is 32.1. The van der Waals surface area contributed by atoms with E-state index in [9.17, 15) is 0 Å². The van der Waals surface area contributed by atoms with Crippen molar-refractivity contribution in [2.24, 2.45) is 0 Å². The molecule has 2 nitrogen and oxygen atoms in total. The molecule has 1 saturated heterocycles. The lowest BCUT2D eigenvalue weighted by molar-refractivity contribution is 0.411. The normalized spacial score (nSPS) is 23.4. The molecule has 2 rings (SSSR count). The smallest absolute Gasteiger partial charge is 0.110 e. The van der Waals surface area contributed by atoms with Crippen LogP contribution in [0.5, 0.6) is 0 Å². The molecule has 13 heavy (non-hydrogen) atoms. The Kier molecular flexibility index (Phi) is 2.65. The van der Waals surface area contributed by atoms with Gasteiger partial charge in [-0.05, 0) is 33.2 Å². The van der Waals surface area contributed by atoms with Crippen molar-refractivity contribution in [3.63, 3.8) is 0 Å². The Labute approximate surface area is 83.4 Å². The summed E-state index contributed by atoms with van der Waals surface area (Å²) in [6.45, 7) is 5.40. The molecule has 1 aliphatic heterocycles. The molecule has 0 aromatic carbocycles. The van der Waals surface area contributed by atoms with Crippen molar-refractivity contribution in [2.45, 2.75) is 39.2 Å². The lowest BCUT2D eigenvalue weighted by atomic mass is 10.1. The van der Waals surface area contributed by atoms with Crippen LogP contribution in [-0.4, -0.2) is 11.5 Å². The molecule has 0 radical (unpaired) electrons. The molecular weight excluding hydrogens is 180 g/mol. The molecule has 0 spiro atoms. The zero-order chi connectivity index (χ0) is 9.26. The number of nitrogens with one attached hydrogen (secondary N) is 1. The van der Waals surface area contributed by atoms with Crippen LogP contribution in [-0.2, 0) is 0 Å². The Hall–Kier alpha value is -0.410. The molecule has 0 bridgehead atoms. The van der Waals surface area contributed by atoms with Gasteiger partial charge in [0.1, 0.15) is 5.01 Å². The van der Waals surface area contributed by atoms with Crippen LogP contribution in [0.1, 0.15) is 40.9 Å². The van der Waals surface area contributed by atoms with Gasteiger partial charge in [0.25, 0.3) is 0 Å². The van der Waals surface area contributed by atoms with Crippen molar-refractivity contribution in [3.05, 3.63) is 15.6 Å². The van der Waals surface area contributed by atoms with Gasteiger partial charge in [-0.2, -0.15) is 0 Å². The fourth-order valence-corrected chi connectivity index (χ4v) is 2.74. The average Bonchev–Trinajstić information content (AvgIpc) is 2.49. The van der Waals surface area contributed by atoms with Crippen LogP contribution >= 0.6 is 11.3 Å². The summed E-state index contributed by atoms with van der Waals surface area (Å²) in [6, 6.07) is 0.533. The highest BCUT2D eigenvalue weighted by Crippen LogP contribution is 2.27. The number of nitrogens with zero attached hydrogens (tertiary/aromatic N) is 1. The topological polar surface area (TPSA) is 24.9 Å². The number of thiazole rings is 1. The molecule has 72 valence electrons. The second-order valence-corrected chi connectivity index (χ2v) is 4.93. The quantitative estimate of drug-likeness (QED) is 0.746. The van der Waals surface area contributed by atoms with Gasteiger partial charge in [-0.3, -0.25) is 0 Å². The van der Waals surface area contributed by atoms with Crippen LogP contribution in [0, 0.1) is 13.8 Å². The minimum atomic E-state index is 0.533. The van der Waals surface area contributed by atoms with Gasteiger partial charge in [-0.15, -0.1) is 11.3 Å². The number of aryl methyl sites for hydroxylation is 2. The molecule has 1 N–H and O–H groups in total. The summed E-state index contributed by atoms with van der Waals surface area (Å²) in [6.07, 6.45) is 3.92. The highest BCUT2D eigenvalue weighted by Gasteiger charge is 2.18. The first-order chi connectivity index (χ1) is 6.27. The molecule has 2 heterocycles. The maximum absolute atomic E-state index is 4.59. The Bertz CT molecular complexity index is 268. The lowest BCUT2D eigenvalue weighted by Gasteiger charge is -2.21. The fourth-order valence-electron chi connectivity index (χ4n) is 1.71. The van der Waals surface area contributed by atoms with E-state index in [1.54, 1.807) is 0 Å². The summed E-state index contributed by atoms with van der Waals surface area (Å²) in [5.41, 5.74) is 1.20. The largest absolute Gasteiger partial charge is 0.308 e. The second-order valence-electron chi connectivity index (χ2n) is 3.70. The Morgan fingerprint density at radius 3 is 2.77 bits per heavy atom. The van der Waals surface area contributed by atoms with Gasteiger partial charge >= 0.3 is 0 Å². The first-order valence-corrected chi connectivity index (χ1v) is 5.76. The van der Waals surface area contributed by atoms with E-state index in [2.05, 4.69) is 24.1 Å². The third kappa shape index (κ3) is 1.92. The van der Waals surface area contributed by atoms with E-state index in [1.807, 2.05) is 11.3 Å². The van der Waals surface area contributed by atoms with E-state index < -0.39 is 0 Å². The van der Waals surface area contributed by atoms with E-state index in [0.717, 1.165) is 6.54 Å². The van der Waals surface area contributed by atoms with Crippen molar-refractivity contribution < 1.29 is 0 Å². The van der Waals surface area contributed by atoms with Crippen LogP contribution in [0.4, 0.5) is 0 Å². The van der Waals surface area contributed by atoms with Crippen LogP contribution in [0.3, 0.4) is 0 Å². The average molecular weight is 196 g/mol. The van der Waals surface area contributed by atoms with E-state index >= 15 is 0 Å². The van der Waals surface area contributed by atoms with Crippen LogP contribution in [0.15, 0.2) is 0 Å². The molecule has 0 amide bonds. The fraction of sp³-hybridized carbons (Fsp3) is 0.700. The summed E-state index contributed by atoms with van der Waals surface area (Å²) < 4.78 is 0. The predicted octanol–water partition coefficient (Wildman–Crippen LogP) is 2.57.